The summed E-state index contributed by atoms with van der Waals surface area (Å²) in [5.74, 6) is 1.45. The van der Waals surface area contributed by atoms with Gasteiger partial charge in [-0.3, -0.25) is 0 Å². The Morgan fingerprint density at radius 2 is 2.40 bits per heavy atom. The van der Waals surface area contributed by atoms with E-state index in [0.717, 1.165) is 12.3 Å². The van der Waals surface area contributed by atoms with Crippen molar-refractivity contribution in [2.24, 2.45) is 11.7 Å². The number of hydrogen-bond acceptors (Lipinski definition) is 3. The molecule has 1 heterocycles. The lowest BCUT2D eigenvalue weighted by atomic mass is 9.75. The van der Waals surface area contributed by atoms with E-state index in [1.54, 1.807) is 11.3 Å². The van der Waals surface area contributed by atoms with Gasteiger partial charge in [0.25, 0.3) is 0 Å². The van der Waals surface area contributed by atoms with Gasteiger partial charge in [0.05, 0.1) is 5.01 Å². The molecule has 1 fully saturated rings. The maximum atomic E-state index is 6.07. The van der Waals surface area contributed by atoms with Crippen molar-refractivity contribution < 1.29 is 0 Å². The van der Waals surface area contributed by atoms with Crippen LogP contribution in [0, 0.1) is 5.92 Å². The van der Waals surface area contributed by atoms with Crippen LogP contribution in [0.25, 0.3) is 0 Å². The zero-order valence-corrected chi connectivity index (χ0v) is 10.2. The molecule has 84 valence electrons. The predicted octanol–water partition coefficient (Wildman–Crippen LogP) is 3.15. The van der Waals surface area contributed by atoms with Crippen molar-refractivity contribution in [2.45, 2.75) is 51.0 Å². The molecule has 1 saturated carbocycles. The SMILES string of the molecule is CCCC1CCC(N)CC1c1nccs1. The summed E-state index contributed by atoms with van der Waals surface area (Å²) in [5, 5.41) is 3.39. The van der Waals surface area contributed by atoms with Gasteiger partial charge in [0.2, 0.25) is 0 Å². The van der Waals surface area contributed by atoms with Gasteiger partial charge in [0, 0.05) is 23.5 Å². The van der Waals surface area contributed by atoms with E-state index in [-0.39, 0.29) is 0 Å². The van der Waals surface area contributed by atoms with Gasteiger partial charge in [-0.1, -0.05) is 19.8 Å². The van der Waals surface area contributed by atoms with Crippen molar-refractivity contribution >= 4 is 11.3 Å². The highest BCUT2D eigenvalue weighted by molar-refractivity contribution is 7.09. The van der Waals surface area contributed by atoms with Crippen molar-refractivity contribution in [3.05, 3.63) is 16.6 Å². The molecule has 0 aliphatic heterocycles. The normalized spacial score (nSPS) is 31.7. The van der Waals surface area contributed by atoms with Crippen molar-refractivity contribution in [2.75, 3.05) is 0 Å². The minimum Gasteiger partial charge on any atom is -0.328 e. The largest absolute Gasteiger partial charge is 0.328 e. The van der Waals surface area contributed by atoms with Gasteiger partial charge in [-0.05, 0) is 25.2 Å². The van der Waals surface area contributed by atoms with E-state index in [4.69, 9.17) is 5.73 Å². The number of rotatable bonds is 3. The zero-order valence-electron chi connectivity index (χ0n) is 9.36. The Balaban J connectivity index is 2.09. The van der Waals surface area contributed by atoms with Gasteiger partial charge in [0.1, 0.15) is 0 Å². The first-order valence-corrected chi connectivity index (χ1v) is 6.84. The van der Waals surface area contributed by atoms with Gasteiger partial charge in [0.15, 0.2) is 0 Å². The number of hydrogen-bond donors (Lipinski definition) is 1. The molecule has 0 bridgehead atoms. The van der Waals surface area contributed by atoms with Crippen LogP contribution in [0.1, 0.15) is 50.0 Å². The Bertz CT molecular complexity index is 284. The standard InChI is InChI=1S/C12H20N2S/c1-2-3-9-4-5-10(13)8-11(9)12-14-6-7-15-12/h6-7,9-11H,2-5,8,13H2,1H3. The van der Waals surface area contributed by atoms with Gasteiger partial charge in [-0.2, -0.15) is 0 Å². The number of thiazole rings is 1. The Kier molecular flexibility index (Phi) is 3.76. The fraction of sp³-hybridized carbons (Fsp3) is 0.750. The quantitative estimate of drug-likeness (QED) is 0.856. The molecule has 1 aromatic heterocycles. The van der Waals surface area contributed by atoms with Crippen LogP contribution in [-0.4, -0.2) is 11.0 Å². The van der Waals surface area contributed by atoms with E-state index in [9.17, 15) is 0 Å². The molecule has 1 aliphatic carbocycles. The highest BCUT2D eigenvalue weighted by Crippen LogP contribution is 2.40. The summed E-state index contributed by atoms with van der Waals surface area (Å²) in [4.78, 5) is 4.47. The molecule has 1 aliphatic rings. The summed E-state index contributed by atoms with van der Waals surface area (Å²) in [6.07, 6.45) is 8.16. The summed E-state index contributed by atoms with van der Waals surface area (Å²) in [6.45, 7) is 2.27. The summed E-state index contributed by atoms with van der Waals surface area (Å²) in [7, 11) is 0. The minimum atomic E-state index is 0.395. The van der Waals surface area contributed by atoms with Crippen molar-refractivity contribution in [1.29, 1.82) is 0 Å². The molecule has 15 heavy (non-hydrogen) atoms. The minimum absolute atomic E-state index is 0.395. The first-order chi connectivity index (χ1) is 7.31. The third-order valence-electron chi connectivity index (χ3n) is 3.46. The van der Waals surface area contributed by atoms with E-state index in [1.165, 1.54) is 30.7 Å². The van der Waals surface area contributed by atoms with Crippen LogP contribution < -0.4 is 5.73 Å². The van der Waals surface area contributed by atoms with E-state index >= 15 is 0 Å². The lowest BCUT2D eigenvalue weighted by Crippen LogP contribution is -2.32. The van der Waals surface area contributed by atoms with Crippen LogP contribution >= 0.6 is 11.3 Å². The summed E-state index contributed by atoms with van der Waals surface area (Å²) >= 11 is 1.79. The number of aromatic nitrogens is 1. The molecule has 1 aromatic rings. The molecule has 0 spiro atoms. The molecule has 3 atom stereocenters. The van der Waals surface area contributed by atoms with Gasteiger partial charge in [-0.15, -0.1) is 11.3 Å². The smallest absolute Gasteiger partial charge is 0.0959 e. The van der Waals surface area contributed by atoms with Crippen LogP contribution in [0.2, 0.25) is 0 Å². The van der Waals surface area contributed by atoms with E-state index in [2.05, 4.69) is 17.3 Å². The van der Waals surface area contributed by atoms with Crippen LogP contribution in [0.3, 0.4) is 0 Å². The average Bonchev–Trinajstić information content (AvgIpc) is 2.74. The van der Waals surface area contributed by atoms with Crippen molar-refractivity contribution in [1.82, 2.24) is 4.98 Å². The monoisotopic (exact) mass is 224 g/mol. The molecule has 3 unspecified atom stereocenters. The first kappa shape index (κ1) is 11.1. The summed E-state index contributed by atoms with van der Waals surface area (Å²) in [5.41, 5.74) is 6.07. The maximum absolute atomic E-state index is 6.07. The molecule has 0 aromatic carbocycles. The molecule has 0 amide bonds. The lowest BCUT2D eigenvalue weighted by Gasteiger charge is -2.33. The summed E-state index contributed by atoms with van der Waals surface area (Å²) in [6, 6.07) is 0.395. The van der Waals surface area contributed by atoms with Crippen LogP contribution in [0.15, 0.2) is 11.6 Å². The highest BCUT2D eigenvalue weighted by Gasteiger charge is 2.30. The Hall–Kier alpha value is -0.410. The van der Waals surface area contributed by atoms with E-state index in [0.29, 0.717) is 12.0 Å². The van der Waals surface area contributed by atoms with Crippen LogP contribution in [0.4, 0.5) is 0 Å². The van der Waals surface area contributed by atoms with Crippen molar-refractivity contribution in [3.63, 3.8) is 0 Å². The predicted molar refractivity (Wildman–Crippen MR) is 65.1 cm³/mol. The Labute approximate surface area is 95.9 Å². The van der Waals surface area contributed by atoms with Crippen molar-refractivity contribution in [3.8, 4) is 0 Å². The van der Waals surface area contributed by atoms with Crippen LogP contribution in [-0.2, 0) is 0 Å². The fourth-order valence-electron chi connectivity index (χ4n) is 2.70. The molecular formula is C12H20N2S. The highest BCUT2D eigenvalue weighted by atomic mass is 32.1. The zero-order chi connectivity index (χ0) is 10.7. The average molecular weight is 224 g/mol. The molecule has 0 radical (unpaired) electrons. The molecule has 3 heteroatoms. The second-order valence-corrected chi connectivity index (χ2v) is 5.52. The van der Waals surface area contributed by atoms with E-state index in [1.807, 2.05) is 6.20 Å². The second-order valence-electron chi connectivity index (χ2n) is 4.60. The Morgan fingerprint density at radius 1 is 1.53 bits per heavy atom. The third kappa shape index (κ3) is 2.58. The second kappa shape index (κ2) is 5.08. The van der Waals surface area contributed by atoms with Gasteiger partial charge in [-0.25, -0.2) is 4.98 Å². The van der Waals surface area contributed by atoms with Gasteiger partial charge >= 0.3 is 0 Å². The lowest BCUT2D eigenvalue weighted by molar-refractivity contribution is 0.264. The third-order valence-corrected chi connectivity index (χ3v) is 4.37. The molecular weight excluding hydrogens is 204 g/mol. The van der Waals surface area contributed by atoms with Gasteiger partial charge < -0.3 is 5.73 Å². The Morgan fingerprint density at radius 3 is 3.07 bits per heavy atom. The topological polar surface area (TPSA) is 38.9 Å². The summed E-state index contributed by atoms with van der Waals surface area (Å²) < 4.78 is 0. The molecule has 2 rings (SSSR count). The van der Waals surface area contributed by atoms with Crippen LogP contribution in [0.5, 0.6) is 0 Å². The fourth-order valence-corrected chi connectivity index (χ4v) is 3.55. The van der Waals surface area contributed by atoms with E-state index < -0.39 is 0 Å². The number of nitrogens with two attached hydrogens (primary N) is 1. The first-order valence-electron chi connectivity index (χ1n) is 5.96. The maximum Gasteiger partial charge on any atom is 0.0959 e. The number of nitrogens with zero attached hydrogens (tertiary/aromatic N) is 1. The molecule has 2 N–H and O–H groups in total. The molecule has 2 nitrogen and oxygen atoms in total. The molecule has 0 saturated heterocycles.